The van der Waals surface area contributed by atoms with Gasteiger partial charge in [-0.3, -0.25) is 9.13 Å². The first-order valence-corrected chi connectivity index (χ1v) is 7.56. The van der Waals surface area contributed by atoms with Crippen LogP contribution in [0.5, 0.6) is 0 Å². The first-order valence-electron chi connectivity index (χ1n) is 7.56. The Kier molecular flexibility index (Phi) is 3.63. The summed E-state index contributed by atoms with van der Waals surface area (Å²) in [5.74, 6) is 0. The molecule has 0 aliphatic carbocycles. The van der Waals surface area contributed by atoms with Crippen LogP contribution in [0.2, 0.25) is 0 Å². The van der Waals surface area contributed by atoms with E-state index < -0.39 is 18.8 Å². The highest BCUT2D eigenvalue weighted by atomic mass is 16.4. The third kappa shape index (κ3) is 2.18. The van der Waals surface area contributed by atoms with Gasteiger partial charge in [0, 0.05) is 6.54 Å². The van der Waals surface area contributed by atoms with Crippen molar-refractivity contribution in [3.63, 3.8) is 0 Å². The number of aliphatic hydroxyl groups excluding tert-OH is 3. The highest BCUT2D eigenvalue weighted by Gasteiger charge is 2.31. The van der Waals surface area contributed by atoms with Gasteiger partial charge in [0.15, 0.2) is 0 Å². The zero-order valence-electron chi connectivity index (χ0n) is 12.9. The second kappa shape index (κ2) is 5.22. The van der Waals surface area contributed by atoms with Crippen molar-refractivity contribution in [3.8, 4) is 0 Å². The highest BCUT2D eigenvalue weighted by molar-refractivity contribution is 5.81. The number of hydrogen-bond acceptors (Lipinski definition) is 4. The summed E-state index contributed by atoms with van der Waals surface area (Å²) in [5.41, 5.74) is 2.63. The Labute approximate surface area is 128 Å². The molecule has 1 aromatic carbocycles. The Morgan fingerprint density at radius 1 is 1.27 bits per heavy atom. The van der Waals surface area contributed by atoms with Gasteiger partial charge in [0.25, 0.3) is 0 Å². The zero-order valence-corrected chi connectivity index (χ0v) is 12.9. The average molecular weight is 306 g/mol. The van der Waals surface area contributed by atoms with Crippen LogP contribution in [0.3, 0.4) is 0 Å². The lowest BCUT2D eigenvalue weighted by atomic mass is 9.79. The normalized spacial score (nSPS) is 19.3. The van der Waals surface area contributed by atoms with E-state index in [1.54, 1.807) is 4.57 Å². The number of aliphatic hydroxyl groups is 3. The number of imidazole rings is 1. The van der Waals surface area contributed by atoms with E-state index >= 15 is 0 Å². The molecule has 0 bridgehead atoms. The van der Waals surface area contributed by atoms with Crippen molar-refractivity contribution < 1.29 is 15.3 Å². The smallest absolute Gasteiger partial charge is 0.329 e. The third-order valence-corrected chi connectivity index (χ3v) is 4.73. The van der Waals surface area contributed by atoms with E-state index in [0.717, 1.165) is 23.0 Å². The minimum absolute atomic E-state index is 0.00135. The van der Waals surface area contributed by atoms with Gasteiger partial charge in [-0.05, 0) is 23.5 Å². The number of rotatable bonds is 4. The van der Waals surface area contributed by atoms with Crippen molar-refractivity contribution in [1.29, 1.82) is 0 Å². The van der Waals surface area contributed by atoms with Crippen LogP contribution in [0.15, 0.2) is 23.0 Å². The minimum Gasteiger partial charge on any atom is -0.394 e. The molecule has 0 fully saturated rings. The number of aromatic nitrogens is 2. The van der Waals surface area contributed by atoms with Crippen LogP contribution in [0.25, 0.3) is 11.0 Å². The molecule has 22 heavy (non-hydrogen) atoms. The highest BCUT2D eigenvalue weighted by Crippen LogP contribution is 2.36. The minimum atomic E-state index is -1.25. The molecule has 3 N–H and O–H groups in total. The number of hydrogen-bond donors (Lipinski definition) is 3. The van der Waals surface area contributed by atoms with Gasteiger partial charge in [-0.25, -0.2) is 4.79 Å². The maximum atomic E-state index is 12.6. The molecular formula is C16H22N2O4. The number of nitrogens with zero attached hydrogens (tertiary/aromatic N) is 2. The SMILES string of the molecule is CC1(C)CCn2c(=O)n(C[C@H](O)[C@@H](O)CO)c3cccc1c32. The fourth-order valence-corrected chi connectivity index (χ4v) is 3.26. The fourth-order valence-electron chi connectivity index (χ4n) is 3.26. The number of para-hydroxylation sites is 1. The first kappa shape index (κ1) is 15.3. The molecule has 0 amide bonds. The van der Waals surface area contributed by atoms with E-state index in [1.807, 2.05) is 18.2 Å². The fraction of sp³-hybridized carbons (Fsp3) is 0.562. The van der Waals surface area contributed by atoms with Crippen LogP contribution in [0.4, 0.5) is 0 Å². The van der Waals surface area contributed by atoms with Crippen molar-refractivity contribution in [2.75, 3.05) is 6.61 Å². The van der Waals surface area contributed by atoms with Crippen LogP contribution in [-0.2, 0) is 18.5 Å². The van der Waals surface area contributed by atoms with E-state index in [1.165, 1.54) is 4.57 Å². The summed E-state index contributed by atoms with van der Waals surface area (Å²) >= 11 is 0. The Bertz CT molecular complexity index is 759. The predicted molar refractivity (Wildman–Crippen MR) is 82.9 cm³/mol. The molecule has 0 radical (unpaired) electrons. The van der Waals surface area contributed by atoms with Crippen molar-refractivity contribution in [2.24, 2.45) is 0 Å². The molecule has 6 nitrogen and oxygen atoms in total. The lowest BCUT2D eigenvalue weighted by Gasteiger charge is -2.30. The topological polar surface area (TPSA) is 87.6 Å². The monoisotopic (exact) mass is 306 g/mol. The summed E-state index contributed by atoms with van der Waals surface area (Å²) in [6.07, 6.45) is -1.56. The summed E-state index contributed by atoms with van der Waals surface area (Å²) in [7, 11) is 0. The third-order valence-electron chi connectivity index (χ3n) is 4.73. The van der Waals surface area contributed by atoms with Gasteiger partial charge in [0.05, 0.1) is 24.2 Å². The number of aryl methyl sites for hydroxylation is 1. The standard InChI is InChI=1S/C16H22N2O4/c1-16(2)6-7-17-14-10(16)4-3-5-11(14)18(15(17)22)8-12(20)13(21)9-19/h3-5,12-13,19-21H,6-9H2,1-2H3/t12-,13-/m0/s1. The van der Waals surface area contributed by atoms with Crippen LogP contribution in [-0.4, -0.2) is 43.3 Å². The average Bonchev–Trinajstić information content (AvgIpc) is 2.76. The molecule has 0 unspecified atom stereocenters. The van der Waals surface area contributed by atoms with Crippen LogP contribution in [0.1, 0.15) is 25.8 Å². The Balaban J connectivity index is 2.17. The largest absolute Gasteiger partial charge is 0.394 e. The molecule has 0 saturated heterocycles. The maximum absolute atomic E-state index is 12.6. The number of benzene rings is 1. The molecule has 1 aliphatic rings. The predicted octanol–water partition coefficient (Wildman–Crippen LogP) is 0.198. The van der Waals surface area contributed by atoms with Crippen molar-refractivity contribution in [3.05, 3.63) is 34.2 Å². The van der Waals surface area contributed by atoms with Crippen LogP contribution < -0.4 is 5.69 Å². The van der Waals surface area contributed by atoms with Crippen LogP contribution >= 0.6 is 0 Å². The van der Waals surface area contributed by atoms with Gasteiger partial charge >= 0.3 is 5.69 Å². The van der Waals surface area contributed by atoms with Gasteiger partial charge in [-0.15, -0.1) is 0 Å². The van der Waals surface area contributed by atoms with Crippen molar-refractivity contribution >= 4 is 11.0 Å². The summed E-state index contributed by atoms with van der Waals surface area (Å²) < 4.78 is 3.23. The van der Waals surface area contributed by atoms with Gasteiger partial charge in [0.1, 0.15) is 12.2 Å². The summed E-state index contributed by atoms with van der Waals surface area (Å²) in [6, 6.07) is 5.82. The Morgan fingerprint density at radius 2 is 2.00 bits per heavy atom. The van der Waals surface area contributed by atoms with E-state index in [0.29, 0.717) is 6.54 Å². The van der Waals surface area contributed by atoms with Gasteiger partial charge < -0.3 is 15.3 Å². The second-order valence-corrected chi connectivity index (χ2v) is 6.67. The maximum Gasteiger partial charge on any atom is 0.329 e. The van der Waals surface area contributed by atoms with Crippen molar-refractivity contribution in [2.45, 2.75) is 51.0 Å². The zero-order chi connectivity index (χ0) is 16.1. The summed E-state index contributed by atoms with van der Waals surface area (Å²) in [4.78, 5) is 12.6. The van der Waals surface area contributed by atoms with E-state index in [4.69, 9.17) is 5.11 Å². The molecule has 2 heterocycles. The van der Waals surface area contributed by atoms with Gasteiger partial charge in [0.2, 0.25) is 0 Å². The summed E-state index contributed by atoms with van der Waals surface area (Å²) in [5, 5.41) is 28.4. The molecule has 3 rings (SSSR count). The first-order chi connectivity index (χ1) is 10.4. The molecule has 6 heteroatoms. The van der Waals surface area contributed by atoms with Crippen molar-refractivity contribution in [1.82, 2.24) is 9.13 Å². The Morgan fingerprint density at radius 3 is 2.68 bits per heavy atom. The summed E-state index contributed by atoms with van der Waals surface area (Å²) in [6.45, 7) is 4.40. The van der Waals surface area contributed by atoms with E-state index in [-0.39, 0.29) is 17.6 Å². The van der Waals surface area contributed by atoms with Gasteiger partial charge in [-0.1, -0.05) is 26.0 Å². The van der Waals surface area contributed by atoms with Gasteiger partial charge in [-0.2, -0.15) is 0 Å². The molecule has 0 spiro atoms. The molecule has 1 aliphatic heterocycles. The molecule has 2 aromatic rings. The quantitative estimate of drug-likeness (QED) is 0.753. The van der Waals surface area contributed by atoms with E-state index in [2.05, 4.69) is 13.8 Å². The molecular weight excluding hydrogens is 284 g/mol. The van der Waals surface area contributed by atoms with Crippen LogP contribution in [0, 0.1) is 0 Å². The Hall–Kier alpha value is -1.63. The molecule has 120 valence electrons. The molecule has 1 aromatic heterocycles. The second-order valence-electron chi connectivity index (χ2n) is 6.67. The lowest BCUT2D eigenvalue weighted by molar-refractivity contribution is -0.0214. The molecule has 0 saturated carbocycles. The molecule has 2 atom stereocenters. The van der Waals surface area contributed by atoms with E-state index in [9.17, 15) is 15.0 Å². The lowest BCUT2D eigenvalue weighted by Crippen LogP contribution is -2.37.